The van der Waals surface area contributed by atoms with E-state index < -0.39 is 0 Å². The molecule has 0 saturated carbocycles. The maximum Gasteiger partial charge on any atom is 0.164 e. The van der Waals surface area contributed by atoms with Gasteiger partial charge in [0.05, 0.1) is 0 Å². The first-order chi connectivity index (χ1) is 29.0. The molecule has 278 valence electrons. The molecule has 0 radical (unpaired) electrons. The number of aromatic nitrogens is 3. The highest BCUT2D eigenvalue weighted by Gasteiger charge is 2.35. The zero-order chi connectivity index (χ0) is 39.2. The number of rotatable bonds is 5. The molecule has 0 unspecified atom stereocenters. The van der Waals surface area contributed by atoms with Crippen LogP contribution >= 0.6 is 11.3 Å². The average Bonchev–Trinajstić information content (AvgIpc) is 3.94. The summed E-state index contributed by atoms with van der Waals surface area (Å²) in [5, 5.41) is 4.37. The van der Waals surface area contributed by atoms with Crippen molar-refractivity contribution in [3.63, 3.8) is 0 Å². The molecule has 0 aliphatic heterocycles. The van der Waals surface area contributed by atoms with E-state index in [1.54, 1.807) is 11.3 Å². The molecule has 11 aromatic rings. The van der Waals surface area contributed by atoms with Gasteiger partial charge in [-0.1, -0.05) is 153 Å². The fourth-order valence-electron chi connectivity index (χ4n) is 9.24. The van der Waals surface area contributed by atoms with Gasteiger partial charge in [-0.3, -0.25) is 0 Å². The van der Waals surface area contributed by atoms with Gasteiger partial charge in [-0.25, -0.2) is 15.0 Å². The fourth-order valence-corrected chi connectivity index (χ4v) is 10.4. The Morgan fingerprint density at radius 3 is 1.83 bits per heavy atom. The minimum atomic E-state index is -0.0433. The van der Waals surface area contributed by atoms with E-state index in [0.717, 1.165) is 55.1 Å². The lowest BCUT2D eigenvalue weighted by atomic mass is 9.82. The lowest BCUT2D eigenvalue weighted by molar-refractivity contribution is 0.660. The van der Waals surface area contributed by atoms with Gasteiger partial charge in [-0.15, -0.1) is 11.3 Å². The minimum Gasteiger partial charge on any atom is -0.456 e. The summed E-state index contributed by atoms with van der Waals surface area (Å²) in [6.07, 6.45) is 0. The Hall–Kier alpha value is -7.21. The predicted molar refractivity (Wildman–Crippen MR) is 245 cm³/mol. The van der Waals surface area contributed by atoms with Crippen LogP contribution < -0.4 is 0 Å². The Kier molecular flexibility index (Phi) is 7.41. The molecule has 0 bridgehead atoms. The number of hydrogen-bond acceptors (Lipinski definition) is 5. The summed E-state index contributed by atoms with van der Waals surface area (Å²) in [5.74, 6) is 1.86. The van der Waals surface area contributed by atoms with Crippen LogP contribution in [0.2, 0.25) is 0 Å². The van der Waals surface area contributed by atoms with Gasteiger partial charge in [-0.05, 0) is 80.9 Å². The molecule has 0 N–H and O–H groups in total. The summed E-state index contributed by atoms with van der Waals surface area (Å²) in [6.45, 7) is 4.65. The smallest absolute Gasteiger partial charge is 0.164 e. The van der Waals surface area contributed by atoms with Crippen molar-refractivity contribution in [2.24, 2.45) is 0 Å². The van der Waals surface area contributed by atoms with Crippen LogP contribution in [0.1, 0.15) is 25.0 Å². The Morgan fingerprint density at radius 2 is 0.983 bits per heavy atom. The molecule has 3 heterocycles. The minimum absolute atomic E-state index is 0.0433. The van der Waals surface area contributed by atoms with E-state index >= 15 is 0 Å². The van der Waals surface area contributed by atoms with Crippen LogP contribution in [0.25, 0.3) is 110 Å². The van der Waals surface area contributed by atoms with Gasteiger partial charge in [0.25, 0.3) is 0 Å². The molecule has 0 fully saturated rings. The first-order valence-electron chi connectivity index (χ1n) is 20.0. The zero-order valence-corrected chi connectivity index (χ0v) is 33.2. The van der Waals surface area contributed by atoms with E-state index in [4.69, 9.17) is 19.4 Å². The number of fused-ring (bicyclic) bond motifs is 9. The molecule has 1 aliphatic carbocycles. The van der Waals surface area contributed by atoms with Crippen molar-refractivity contribution in [2.75, 3.05) is 0 Å². The van der Waals surface area contributed by atoms with Crippen molar-refractivity contribution in [1.29, 1.82) is 0 Å². The molecule has 4 nitrogen and oxygen atoms in total. The van der Waals surface area contributed by atoms with Crippen molar-refractivity contribution in [3.8, 4) is 67.5 Å². The van der Waals surface area contributed by atoms with E-state index in [2.05, 4.69) is 172 Å². The molecule has 8 aromatic carbocycles. The Morgan fingerprint density at radius 1 is 0.390 bits per heavy atom. The number of hydrogen-bond donors (Lipinski definition) is 0. The van der Waals surface area contributed by atoms with E-state index in [9.17, 15) is 0 Å². The van der Waals surface area contributed by atoms with Crippen LogP contribution in [0.3, 0.4) is 0 Å². The Balaban J connectivity index is 1.05. The SMILES string of the molecule is CC1(C)c2ccccc2-c2cc(-c3ccc4oc5cccc(-c6nc(-c7ccc(-c8ccccc8)cc7)nc(-c7cccc8sc9ccccc9c78)n6)c5c4c3)ccc21. The maximum absolute atomic E-state index is 6.56. The summed E-state index contributed by atoms with van der Waals surface area (Å²) >= 11 is 1.79. The lowest BCUT2D eigenvalue weighted by Gasteiger charge is -2.21. The van der Waals surface area contributed by atoms with Crippen molar-refractivity contribution >= 4 is 53.4 Å². The van der Waals surface area contributed by atoms with Crippen molar-refractivity contribution in [1.82, 2.24) is 15.0 Å². The van der Waals surface area contributed by atoms with Crippen molar-refractivity contribution < 1.29 is 4.42 Å². The Bertz CT molecular complexity index is 3470. The third kappa shape index (κ3) is 5.32. The number of nitrogens with zero attached hydrogens (tertiary/aromatic N) is 3. The second kappa shape index (κ2) is 12.9. The van der Waals surface area contributed by atoms with Crippen LogP contribution in [0.5, 0.6) is 0 Å². The molecular weight excluding hydrogens is 739 g/mol. The van der Waals surface area contributed by atoms with Crippen LogP contribution in [-0.4, -0.2) is 15.0 Å². The van der Waals surface area contributed by atoms with Crippen molar-refractivity contribution in [2.45, 2.75) is 19.3 Å². The summed E-state index contributed by atoms with van der Waals surface area (Å²) < 4.78 is 9.00. The molecule has 3 aromatic heterocycles. The zero-order valence-electron chi connectivity index (χ0n) is 32.4. The molecule has 0 spiro atoms. The molecule has 12 rings (SSSR count). The van der Waals surface area contributed by atoms with Crippen molar-refractivity contribution in [3.05, 3.63) is 187 Å². The molecule has 0 saturated heterocycles. The first-order valence-corrected chi connectivity index (χ1v) is 20.8. The molecule has 59 heavy (non-hydrogen) atoms. The average molecular weight is 774 g/mol. The lowest BCUT2D eigenvalue weighted by Crippen LogP contribution is -2.14. The molecular formula is C54H35N3OS. The highest BCUT2D eigenvalue weighted by Crippen LogP contribution is 2.50. The van der Waals surface area contributed by atoms with Crippen LogP contribution in [0, 0.1) is 0 Å². The third-order valence-electron chi connectivity index (χ3n) is 12.2. The van der Waals surface area contributed by atoms with Gasteiger partial charge in [0.2, 0.25) is 0 Å². The number of furan rings is 1. The van der Waals surface area contributed by atoms with Gasteiger partial charge in [0.15, 0.2) is 17.5 Å². The van der Waals surface area contributed by atoms with E-state index in [1.807, 2.05) is 18.2 Å². The quantitative estimate of drug-likeness (QED) is 0.175. The van der Waals surface area contributed by atoms with Crippen LogP contribution in [-0.2, 0) is 5.41 Å². The molecule has 5 heteroatoms. The highest BCUT2D eigenvalue weighted by molar-refractivity contribution is 7.25. The van der Waals surface area contributed by atoms with Gasteiger partial charge in [0.1, 0.15) is 11.2 Å². The Labute approximate surface area is 345 Å². The topological polar surface area (TPSA) is 51.8 Å². The normalized spacial score (nSPS) is 13.1. The first kappa shape index (κ1) is 33.9. The van der Waals surface area contributed by atoms with Gasteiger partial charge < -0.3 is 4.42 Å². The second-order valence-corrected chi connectivity index (χ2v) is 17.0. The van der Waals surface area contributed by atoms with Crippen LogP contribution in [0.15, 0.2) is 180 Å². The fraction of sp³-hybridized carbons (Fsp3) is 0.0556. The largest absolute Gasteiger partial charge is 0.456 e. The van der Waals surface area contributed by atoms with Gasteiger partial charge in [-0.2, -0.15) is 0 Å². The monoisotopic (exact) mass is 773 g/mol. The standard InChI is InChI=1S/C54H35N3OS/c1-54(2)43-18-8-6-14-37(43)41-30-35(26-28-44(41)54)36-27-29-45-42(31-36)49-39(16-10-19-46(49)58-45)52-55-51(34-24-22-33(23-25-34)32-12-4-3-5-13-32)56-53(57-52)40-17-11-21-48-50(40)38-15-7-9-20-47(38)59-48/h3-31H,1-2H3. The van der Waals surface area contributed by atoms with Gasteiger partial charge in [0, 0.05) is 53.1 Å². The van der Waals surface area contributed by atoms with Gasteiger partial charge >= 0.3 is 0 Å². The number of benzene rings is 8. The summed E-state index contributed by atoms with van der Waals surface area (Å²) in [5.41, 5.74) is 14.3. The third-order valence-corrected chi connectivity index (χ3v) is 13.3. The molecule has 0 amide bonds. The predicted octanol–water partition coefficient (Wildman–Crippen LogP) is 14.8. The second-order valence-electron chi connectivity index (χ2n) is 15.9. The maximum atomic E-state index is 6.56. The summed E-state index contributed by atoms with van der Waals surface area (Å²) in [7, 11) is 0. The summed E-state index contributed by atoms with van der Waals surface area (Å²) in [4.78, 5) is 15.8. The molecule has 1 aliphatic rings. The number of thiophene rings is 1. The molecule has 0 atom stereocenters. The highest BCUT2D eigenvalue weighted by atomic mass is 32.1. The van der Waals surface area contributed by atoms with E-state index in [0.29, 0.717) is 17.5 Å². The van der Waals surface area contributed by atoms with E-state index in [-0.39, 0.29) is 5.41 Å². The van der Waals surface area contributed by atoms with E-state index in [1.165, 1.54) is 48.2 Å². The summed E-state index contributed by atoms with van der Waals surface area (Å²) in [6, 6.07) is 62.4. The van der Waals surface area contributed by atoms with Crippen LogP contribution in [0.4, 0.5) is 0 Å².